The minimum absolute atomic E-state index is 0.0865. The van der Waals surface area contributed by atoms with Crippen LogP contribution in [0, 0.1) is 5.92 Å². The van der Waals surface area contributed by atoms with Crippen LogP contribution in [0.15, 0.2) is 0 Å². The number of likely N-dealkylation sites (tertiary alicyclic amines) is 1. The quantitative estimate of drug-likeness (QED) is 0.657. The van der Waals surface area contributed by atoms with E-state index in [4.69, 9.17) is 4.74 Å². The van der Waals surface area contributed by atoms with Crippen LogP contribution in [0.3, 0.4) is 0 Å². The van der Waals surface area contributed by atoms with Crippen molar-refractivity contribution in [2.24, 2.45) is 5.92 Å². The van der Waals surface area contributed by atoms with Gasteiger partial charge in [-0.15, -0.1) is 0 Å². The highest BCUT2D eigenvalue weighted by atomic mass is 16.5. The lowest BCUT2D eigenvalue weighted by molar-refractivity contribution is -0.133. The van der Waals surface area contributed by atoms with Crippen molar-refractivity contribution in [3.8, 4) is 0 Å². The first-order chi connectivity index (χ1) is 10.0. The predicted molar refractivity (Wildman–Crippen MR) is 83.2 cm³/mol. The average molecular weight is 298 g/mol. The Morgan fingerprint density at radius 2 is 1.95 bits per heavy atom. The van der Waals surface area contributed by atoms with Gasteiger partial charge < -0.3 is 15.0 Å². The van der Waals surface area contributed by atoms with Crippen LogP contribution in [0.25, 0.3) is 0 Å². The maximum atomic E-state index is 11.8. The first-order valence-corrected chi connectivity index (χ1v) is 8.17. The van der Waals surface area contributed by atoms with Gasteiger partial charge in [0, 0.05) is 32.0 Å². The van der Waals surface area contributed by atoms with Crippen LogP contribution in [-0.2, 0) is 14.3 Å². The molecule has 0 aliphatic carbocycles. The number of carbonyl (C=O) groups excluding carboxylic acids is 2. The number of carbonyl (C=O) groups is 2. The first kappa shape index (κ1) is 18.1. The number of ether oxygens (including phenoxy) is 1. The molecule has 21 heavy (non-hydrogen) atoms. The molecule has 0 aromatic carbocycles. The molecule has 0 bridgehead atoms. The van der Waals surface area contributed by atoms with Crippen molar-refractivity contribution >= 4 is 11.7 Å². The van der Waals surface area contributed by atoms with Gasteiger partial charge in [-0.1, -0.05) is 20.8 Å². The molecule has 0 saturated carbocycles. The van der Waals surface area contributed by atoms with E-state index < -0.39 is 0 Å². The number of hydrogen-bond acceptors (Lipinski definition) is 4. The molecule has 1 N–H and O–H groups in total. The Morgan fingerprint density at radius 1 is 1.29 bits per heavy atom. The monoisotopic (exact) mass is 298 g/mol. The minimum Gasteiger partial charge on any atom is -0.377 e. The van der Waals surface area contributed by atoms with Gasteiger partial charge in [0.2, 0.25) is 5.91 Å². The lowest BCUT2D eigenvalue weighted by atomic mass is 10.1. The number of nitrogens with zero attached hydrogens (tertiary/aromatic N) is 1. The summed E-state index contributed by atoms with van der Waals surface area (Å²) < 4.78 is 5.80. The standard InChI is InChI=1S/C16H30N2O3/c1-4-5-16(20)18-9-6-14(7-10-18)21-11-8-17-12-15(19)13(2)3/h13-14,17H,4-12H2,1-3H3. The van der Waals surface area contributed by atoms with Crippen LogP contribution in [0.5, 0.6) is 0 Å². The number of nitrogens with one attached hydrogen (secondary N) is 1. The second-order valence-electron chi connectivity index (χ2n) is 6.00. The zero-order chi connectivity index (χ0) is 15.7. The molecule has 1 rings (SSSR count). The van der Waals surface area contributed by atoms with Gasteiger partial charge in [-0.25, -0.2) is 0 Å². The van der Waals surface area contributed by atoms with Crippen LogP contribution in [0.4, 0.5) is 0 Å². The Balaban J connectivity index is 2.06. The number of ketones is 1. The van der Waals surface area contributed by atoms with Gasteiger partial charge in [-0.2, -0.15) is 0 Å². The minimum atomic E-state index is 0.0865. The van der Waals surface area contributed by atoms with Crippen molar-refractivity contribution in [2.75, 3.05) is 32.8 Å². The normalized spacial score (nSPS) is 16.5. The second-order valence-corrected chi connectivity index (χ2v) is 6.00. The van der Waals surface area contributed by atoms with Gasteiger partial charge in [0.25, 0.3) is 0 Å². The van der Waals surface area contributed by atoms with Crippen molar-refractivity contribution in [1.82, 2.24) is 10.2 Å². The molecule has 1 aliphatic heterocycles. The molecule has 1 aliphatic rings. The number of Topliss-reactive ketones (excluding diaryl/α,β-unsaturated/α-hetero) is 1. The molecule has 5 heteroatoms. The van der Waals surface area contributed by atoms with E-state index in [1.807, 2.05) is 25.7 Å². The van der Waals surface area contributed by atoms with Crippen molar-refractivity contribution in [3.63, 3.8) is 0 Å². The molecule has 0 unspecified atom stereocenters. The maximum Gasteiger partial charge on any atom is 0.222 e. The molecular formula is C16H30N2O3. The first-order valence-electron chi connectivity index (χ1n) is 8.17. The smallest absolute Gasteiger partial charge is 0.222 e. The zero-order valence-electron chi connectivity index (χ0n) is 13.7. The molecule has 122 valence electrons. The van der Waals surface area contributed by atoms with Crippen molar-refractivity contribution in [3.05, 3.63) is 0 Å². The van der Waals surface area contributed by atoms with Gasteiger partial charge in [0.15, 0.2) is 0 Å². The average Bonchev–Trinajstić information content (AvgIpc) is 2.47. The third kappa shape index (κ3) is 7.05. The number of amides is 1. The summed E-state index contributed by atoms with van der Waals surface area (Å²) in [5.74, 6) is 0.589. The Bertz CT molecular complexity index is 323. The summed E-state index contributed by atoms with van der Waals surface area (Å²) in [6, 6.07) is 0. The topological polar surface area (TPSA) is 58.6 Å². The predicted octanol–water partition coefficient (Wildman–Crippen LogP) is 1.61. The van der Waals surface area contributed by atoms with Gasteiger partial charge in [0.05, 0.1) is 19.3 Å². The number of piperidine rings is 1. The summed E-state index contributed by atoms with van der Waals surface area (Å²) in [5.41, 5.74) is 0. The molecule has 0 radical (unpaired) electrons. The third-order valence-corrected chi connectivity index (χ3v) is 3.83. The van der Waals surface area contributed by atoms with Crippen LogP contribution < -0.4 is 5.32 Å². The Labute approximate surface area is 128 Å². The van der Waals surface area contributed by atoms with Crippen LogP contribution in [0.2, 0.25) is 0 Å². The molecule has 1 amide bonds. The summed E-state index contributed by atoms with van der Waals surface area (Å²) in [4.78, 5) is 25.1. The SMILES string of the molecule is CCCC(=O)N1CCC(OCCNCC(=O)C(C)C)CC1. The summed E-state index contributed by atoms with van der Waals surface area (Å²) in [5, 5.41) is 3.11. The fourth-order valence-corrected chi connectivity index (χ4v) is 2.36. The molecule has 0 atom stereocenters. The molecule has 1 saturated heterocycles. The Kier molecular flexibility index (Phi) is 8.54. The van der Waals surface area contributed by atoms with Gasteiger partial charge in [-0.05, 0) is 19.3 Å². The molecule has 5 nitrogen and oxygen atoms in total. The van der Waals surface area contributed by atoms with E-state index in [9.17, 15) is 9.59 Å². The lowest BCUT2D eigenvalue weighted by Crippen LogP contribution is -2.41. The Morgan fingerprint density at radius 3 is 2.52 bits per heavy atom. The molecule has 0 aromatic rings. The second kappa shape index (κ2) is 9.90. The lowest BCUT2D eigenvalue weighted by Gasteiger charge is -2.32. The summed E-state index contributed by atoms with van der Waals surface area (Å²) in [7, 11) is 0. The van der Waals surface area contributed by atoms with Crippen molar-refractivity contribution in [2.45, 2.75) is 52.6 Å². The fourth-order valence-electron chi connectivity index (χ4n) is 2.36. The Hall–Kier alpha value is -0.940. The highest BCUT2D eigenvalue weighted by molar-refractivity contribution is 5.82. The van der Waals surface area contributed by atoms with E-state index in [2.05, 4.69) is 5.32 Å². The zero-order valence-corrected chi connectivity index (χ0v) is 13.7. The van der Waals surface area contributed by atoms with E-state index >= 15 is 0 Å². The third-order valence-electron chi connectivity index (χ3n) is 3.83. The molecule has 1 fully saturated rings. The highest BCUT2D eigenvalue weighted by Gasteiger charge is 2.22. The molecule has 0 aromatic heterocycles. The van der Waals surface area contributed by atoms with Gasteiger partial charge >= 0.3 is 0 Å². The van der Waals surface area contributed by atoms with Crippen molar-refractivity contribution < 1.29 is 14.3 Å². The van der Waals surface area contributed by atoms with E-state index in [1.165, 1.54) is 0 Å². The van der Waals surface area contributed by atoms with Crippen LogP contribution in [-0.4, -0.2) is 55.5 Å². The van der Waals surface area contributed by atoms with Crippen LogP contribution >= 0.6 is 0 Å². The van der Waals surface area contributed by atoms with Crippen molar-refractivity contribution in [1.29, 1.82) is 0 Å². The number of hydrogen-bond donors (Lipinski definition) is 1. The van der Waals surface area contributed by atoms with Gasteiger partial charge in [-0.3, -0.25) is 9.59 Å². The van der Waals surface area contributed by atoms with E-state index in [-0.39, 0.29) is 23.7 Å². The largest absolute Gasteiger partial charge is 0.377 e. The highest BCUT2D eigenvalue weighted by Crippen LogP contribution is 2.14. The summed E-state index contributed by atoms with van der Waals surface area (Å²) in [6.45, 7) is 9.22. The fraction of sp³-hybridized carbons (Fsp3) is 0.875. The summed E-state index contributed by atoms with van der Waals surface area (Å²) in [6.07, 6.45) is 3.65. The van der Waals surface area contributed by atoms with Gasteiger partial charge in [0.1, 0.15) is 5.78 Å². The van der Waals surface area contributed by atoms with E-state index in [1.54, 1.807) is 0 Å². The molecule has 1 heterocycles. The number of rotatable bonds is 9. The van der Waals surface area contributed by atoms with E-state index in [0.717, 1.165) is 32.4 Å². The van der Waals surface area contributed by atoms with Crippen LogP contribution in [0.1, 0.15) is 46.5 Å². The van der Waals surface area contributed by atoms with E-state index in [0.29, 0.717) is 26.1 Å². The summed E-state index contributed by atoms with van der Waals surface area (Å²) >= 11 is 0. The molecule has 0 spiro atoms. The maximum absolute atomic E-state index is 11.8. The molecular weight excluding hydrogens is 268 g/mol.